The van der Waals surface area contributed by atoms with Crippen LogP contribution < -0.4 is 0 Å². The summed E-state index contributed by atoms with van der Waals surface area (Å²) in [6, 6.07) is 7.22. The largest absolute Gasteiger partial charge is 0.330 e. The third-order valence-corrected chi connectivity index (χ3v) is 3.85. The lowest BCUT2D eigenvalue weighted by molar-refractivity contribution is 0.0724. The second-order valence-electron chi connectivity index (χ2n) is 4.99. The summed E-state index contributed by atoms with van der Waals surface area (Å²) in [6.07, 6.45) is 5.48. The minimum absolute atomic E-state index is 0.186. The zero-order valence-corrected chi connectivity index (χ0v) is 12.7. The molecule has 1 aliphatic carbocycles. The first-order valence-corrected chi connectivity index (χ1v) is 7.42. The number of amides is 1. The molecule has 1 amide bonds. The highest BCUT2D eigenvalue weighted by Crippen LogP contribution is 2.31. The van der Waals surface area contributed by atoms with Gasteiger partial charge in [0.2, 0.25) is 0 Å². The van der Waals surface area contributed by atoms with Crippen molar-refractivity contribution in [3.8, 4) is 0 Å². The van der Waals surface area contributed by atoms with Gasteiger partial charge in [0.15, 0.2) is 0 Å². The minimum Gasteiger partial charge on any atom is -0.330 e. The summed E-state index contributed by atoms with van der Waals surface area (Å²) in [6.45, 7) is 0.502. The Morgan fingerprint density at radius 2 is 2.10 bits per heavy atom. The summed E-state index contributed by atoms with van der Waals surface area (Å²) in [7, 11) is 0. The van der Waals surface area contributed by atoms with Crippen molar-refractivity contribution < 1.29 is 4.79 Å². The van der Waals surface area contributed by atoms with Crippen molar-refractivity contribution in [2.24, 2.45) is 0 Å². The Hall–Kier alpha value is -1.65. The topological polar surface area (TPSA) is 46.1 Å². The fraction of sp³-hybridized carbons (Fsp3) is 0.267. The van der Waals surface area contributed by atoms with E-state index in [1.54, 1.807) is 29.4 Å². The molecular formula is C15H13Cl2N3O. The lowest BCUT2D eigenvalue weighted by Crippen LogP contribution is -2.33. The molecule has 1 aliphatic rings. The molecule has 0 atom stereocenters. The average Bonchev–Trinajstić information content (AvgIpc) is 3.32. The van der Waals surface area contributed by atoms with Crippen molar-refractivity contribution in [1.29, 1.82) is 0 Å². The van der Waals surface area contributed by atoms with Crippen molar-refractivity contribution in [1.82, 2.24) is 14.9 Å². The van der Waals surface area contributed by atoms with E-state index in [1.165, 1.54) is 0 Å². The van der Waals surface area contributed by atoms with Gasteiger partial charge in [-0.2, -0.15) is 0 Å². The number of carbonyl (C=O) groups excluding carboxylic acids is 1. The van der Waals surface area contributed by atoms with Crippen molar-refractivity contribution in [2.75, 3.05) is 0 Å². The van der Waals surface area contributed by atoms with Gasteiger partial charge in [0.25, 0.3) is 5.91 Å². The molecule has 1 saturated carbocycles. The van der Waals surface area contributed by atoms with Crippen molar-refractivity contribution in [3.63, 3.8) is 0 Å². The quantitative estimate of drug-likeness (QED) is 0.808. The Morgan fingerprint density at radius 3 is 2.76 bits per heavy atom. The molecular weight excluding hydrogens is 309 g/mol. The molecule has 2 aromatic rings. The molecule has 0 spiro atoms. The van der Waals surface area contributed by atoms with Gasteiger partial charge in [0.05, 0.1) is 5.02 Å². The Morgan fingerprint density at radius 1 is 1.29 bits per heavy atom. The normalized spacial score (nSPS) is 14.0. The summed E-state index contributed by atoms with van der Waals surface area (Å²) in [4.78, 5) is 22.6. The zero-order valence-electron chi connectivity index (χ0n) is 11.2. The predicted molar refractivity (Wildman–Crippen MR) is 81.4 cm³/mol. The van der Waals surface area contributed by atoms with Gasteiger partial charge >= 0.3 is 0 Å². The number of aromatic nitrogens is 2. The van der Waals surface area contributed by atoms with Crippen LogP contribution in [-0.4, -0.2) is 26.8 Å². The number of nitrogens with zero attached hydrogens (tertiary/aromatic N) is 3. The lowest BCUT2D eigenvalue weighted by Gasteiger charge is -2.22. The van der Waals surface area contributed by atoms with Crippen molar-refractivity contribution in [3.05, 3.63) is 58.1 Å². The van der Waals surface area contributed by atoms with E-state index in [1.807, 2.05) is 12.1 Å². The van der Waals surface area contributed by atoms with E-state index >= 15 is 0 Å². The molecule has 108 valence electrons. The van der Waals surface area contributed by atoms with Crippen LogP contribution in [0.4, 0.5) is 0 Å². The van der Waals surface area contributed by atoms with E-state index in [0.717, 1.165) is 18.4 Å². The van der Waals surface area contributed by atoms with Crippen LogP contribution in [0.15, 0.2) is 36.7 Å². The highest BCUT2D eigenvalue weighted by Gasteiger charge is 2.34. The van der Waals surface area contributed by atoms with Crippen molar-refractivity contribution >= 4 is 29.1 Å². The van der Waals surface area contributed by atoms with Crippen LogP contribution in [0.25, 0.3) is 0 Å². The third kappa shape index (κ3) is 3.34. The number of hydrogen-bond donors (Lipinski definition) is 0. The van der Waals surface area contributed by atoms with Crippen LogP contribution in [0.5, 0.6) is 0 Å². The first-order chi connectivity index (χ1) is 10.1. The zero-order chi connectivity index (χ0) is 14.8. The molecule has 0 aliphatic heterocycles. The summed E-state index contributed by atoms with van der Waals surface area (Å²) in [5.41, 5.74) is 1.19. The molecule has 21 heavy (non-hydrogen) atoms. The number of rotatable bonds is 4. The van der Waals surface area contributed by atoms with E-state index in [9.17, 15) is 4.79 Å². The molecule has 0 aromatic carbocycles. The van der Waals surface area contributed by atoms with Gasteiger partial charge in [-0.25, -0.2) is 4.98 Å². The lowest BCUT2D eigenvalue weighted by atomic mass is 10.2. The molecule has 1 fully saturated rings. The molecule has 0 saturated heterocycles. The maximum atomic E-state index is 12.7. The highest BCUT2D eigenvalue weighted by atomic mass is 35.5. The van der Waals surface area contributed by atoms with E-state index in [0.29, 0.717) is 11.6 Å². The fourth-order valence-corrected chi connectivity index (χ4v) is 2.48. The Labute approximate surface area is 132 Å². The maximum absolute atomic E-state index is 12.7. The van der Waals surface area contributed by atoms with Crippen LogP contribution in [0.2, 0.25) is 10.2 Å². The summed E-state index contributed by atoms with van der Waals surface area (Å²) in [5, 5.41) is 0.584. The SMILES string of the molecule is O=C(c1nc(Cl)ccc1Cl)N(Cc1cccnc1)C1CC1. The standard InChI is InChI=1S/C15H13Cl2N3O/c16-12-5-6-13(17)19-14(12)15(21)20(11-3-4-11)9-10-2-1-7-18-8-10/h1-2,5-8,11H,3-4,9H2. The van der Waals surface area contributed by atoms with Gasteiger partial charge in [0.1, 0.15) is 10.8 Å². The molecule has 3 rings (SSSR count). The van der Waals surface area contributed by atoms with Crippen LogP contribution in [0, 0.1) is 0 Å². The van der Waals surface area contributed by atoms with Crippen molar-refractivity contribution in [2.45, 2.75) is 25.4 Å². The third-order valence-electron chi connectivity index (χ3n) is 3.34. The second kappa shape index (κ2) is 6.00. The van der Waals surface area contributed by atoms with Gasteiger partial charge < -0.3 is 4.90 Å². The van der Waals surface area contributed by atoms with Crippen LogP contribution in [0.1, 0.15) is 28.9 Å². The van der Waals surface area contributed by atoms with Crippen LogP contribution in [-0.2, 0) is 6.54 Å². The van der Waals surface area contributed by atoms with Gasteiger partial charge in [-0.05, 0) is 36.6 Å². The number of carbonyl (C=O) groups is 1. The highest BCUT2D eigenvalue weighted by molar-refractivity contribution is 6.34. The van der Waals surface area contributed by atoms with Gasteiger partial charge in [-0.3, -0.25) is 9.78 Å². The van der Waals surface area contributed by atoms with Crippen LogP contribution in [0.3, 0.4) is 0 Å². The molecule has 2 aromatic heterocycles. The predicted octanol–water partition coefficient (Wildman–Crippen LogP) is 3.59. The summed E-state index contributed by atoms with van der Waals surface area (Å²) < 4.78 is 0. The van der Waals surface area contributed by atoms with E-state index in [2.05, 4.69) is 9.97 Å². The smallest absolute Gasteiger partial charge is 0.274 e. The Kier molecular flexibility index (Phi) is 4.08. The molecule has 2 heterocycles. The second-order valence-corrected chi connectivity index (χ2v) is 5.78. The number of pyridine rings is 2. The molecule has 0 radical (unpaired) electrons. The monoisotopic (exact) mass is 321 g/mol. The molecule has 0 bridgehead atoms. The van der Waals surface area contributed by atoms with E-state index in [4.69, 9.17) is 23.2 Å². The van der Waals surface area contributed by atoms with Crippen LogP contribution >= 0.6 is 23.2 Å². The van der Waals surface area contributed by atoms with E-state index < -0.39 is 0 Å². The summed E-state index contributed by atoms with van der Waals surface area (Å²) in [5.74, 6) is -0.186. The molecule has 0 N–H and O–H groups in total. The Balaban J connectivity index is 1.87. The molecule has 0 unspecified atom stereocenters. The maximum Gasteiger partial charge on any atom is 0.274 e. The Bertz CT molecular complexity index is 659. The first kappa shape index (κ1) is 14.3. The van der Waals surface area contributed by atoms with E-state index in [-0.39, 0.29) is 22.8 Å². The average molecular weight is 322 g/mol. The molecule has 6 heteroatoms. The first-order valence-electron chi connectivity index (χ1n) is 6.67. The summed E-state index contributed by atoms with van der Waals surface area (Å²) >= 11 is 12.0. The fourth-order valence-electron chi connectivity index (χ4n) is 2.15. The van der Waals surface area contributed by atoms with Gasteiger partial charge in [0, 0.05) is 25.0 Å². The minimum atomic E-state index is -0.186. The molecule has 4 nitrogen and oxygen atoms in total. The van der Waals surface area contributed by atoms with Gasteiger partial charge in [-0.15, -0.1) is 0 Å². The van der Waals surface area contributed by atoms with Gasteiger partial charge in [-0.1, -0.05) is 29.3 Å². The number of hydrogen-bond acceptors (Lipinski definition) is 3. The number of halogens is 2.